The first-order valence-electron chi connectivity index (χ1n) is 7.70. The summed E-state index contributed by atoms with van der Waals surface area (Å²) in [5.74, 6) is 0.854. The van der Waals surface area contributed by atoms with E-state index in [1.165, 1.54) is 12.7 Å². The number of hydrogen-bond donors (Lipinski definition) is 1. The molecule has 0 radical (unpaired) electrons. The molecule has 0 saturated carbocycles. The van der Waals surface area contributed by atoms with Gasteiger partial charge in [-0.3, -0.25) is 5.32 Å². The predicted octanol–water partition coefficient (Wildman–Crippen LogP) is 4.62. The molecule has 0 heterocycles. The number of anilines is 1. The van der Waals surface area contributed by atoms with Crippen molar-refractivity contribution in [2.45, 2.75) is 33.8 Å². The Balaban J connectivity index is 2.15. The number of ether oxygens (including phenoxy) is 2. The highest BCUT2D eigenvalue weighted by molar-refractivity contribution is 5.85. The van der Waals surface area contributed by atoms with Gasteiger partial charge in [-0.05, 0) is 49.1 Å². The molecule has 2 aromatic carbocycles. The molecule has 0 bridgehead atoms. The number of aryl methyl sites for hydroxylation is 3. The molecule has 4 heteroatoms. The van der Waals surface area contributed by atoms with Gasteiger partial charge in [-0.25, -0.2) is 4.79 Å². The second kappa shape index (κ2) is 7.68. The van der Waals surface area contributed by atoms with Crippen molar-refractivity contribution in [2.24, 2.45) is 0 Å². The zero-order valence-corrected chi connectivity index (χ0v) is 14.1. The third-order valence-corrected chi connectivity index (χ3v) is 3.72. The molecule has 23 heavy (non-hydrogen) atoms. The van der Waals surface area contributed by atoms with Gasteiger partial charge in [0.25, 0.3) is 0 Å². The van der Waals surface area contributed by atoms with Crippen molar-refractivity contribution in [3.63, 3.8) is 0 Å². The first-order valence-corrected chi connectivity index (χ1v) is 7.70. The molecule has 0 saturated heterocycles. The SMILES string of the molecule is CCc1ccc(OCc2ccc(C)cc2NC(=O)OC)c(C)c1. The van der Waals surface area contributed by atoms with E-state index in [1.807, 2.05) is 38.1 Å². The van der Waals surface area contributed by atoms with E-state index in [2.05, 4.69) is 29.1 Å². The summed E-state index contributed by atoms with van der Waals surface area (Å²) in [5, 5.41) is 2.73. The van der Waals surface area contributed by atoms with E-state index >= 15 is 0 Å². The maximum Gasteiger partial charge on any atom is 0.411 e. The van der Waals surface area contributed by atoms with Crippen LogP contribution in [0.3, 0.4) is 0 Å². The maximum absolute atomic E-state index is 11.5. The van der Waals surface area contributed by atoms with Crippen molar-refractivity contribution < 1.29 is 14.3 Å². The zero-order chi connectivity index (χ0) is 16.8. The highest BCUT2D eigenvalue weighted by Crippen LogP contribution is 2.24. The van der Waals surface area contributed by atoms with Crippen LogP contribution in [0.5, 0.6) is 5.75 Å². The predicted molar refractivity (Wildman–Crippen MR) is 92.1 cm³/mol. The first kappa shape index (κ1) is 16.9. The Hall–Kier alpha value is -2.49. The molecule has 0 aliphatic rings. The van der Waals surface area contributed by atoms with Crippen molar-refractivity contribution in [3.8, 4) is 5.75 Å². The lowest BCUT2D eigenvalue weighted by molar-refractivity contribution is 0.187. The van der Waals surface area contributed by atoms with Crippen LogP contribution in [-0.2, 0) is 17.8 Å². The number of carbonyl (C=O) groups is 1. The molecule has 4 nitrogen and oxygen atoms in total. The number of hydrogen-bond acceptors (Lipinski definition) is 3. The van der Waals surface area contributed by atoms with Crippen LogP contribution < -0.4 is 10.1 Å². The number of methoxy groups -OCH3 is 1. The average Bonchev–Trinajstić information content (AvgIpc) is 2.54. The summed E-state index contributed by atoms with van der Waals surface area (Å²) in [6, 6.07) is 12.1. The summed E-state index contributed by atoms with van der Waals surface area (Å²) >= 11 is 0. The summed E-state index contributed by atoms with van der Waals surface area (Å²) in [4.78, 5) is 11.5. The molecule has 1 N–H and O–H groups in total. The largest absolute Gasteiger partial charge is 0.489 e. The Morgan fingerprint density at radius 3 is 2.57 bits per heavy atom. The van der Waals surface area contributed by atoms with Gasteiger partial charge in [-0.1, -0.05) is 31.2 Å². The minimum Gasteiger partial charge on any atom is -0.489 e. The number of carbonyl (C=O) groups excluding carboxylic acids is 1. The van der Waals surface area contributed by atoms with E-state index in [0.717, 1.165) is 28.9 Å². The fourth-order valence-corrected chi connectivity index (χ4v) is 2.34. The zero-order valence-electron chi connectivity index (χ0n) is 14.1. The topological polar surface area (TPSA) is 47.6 Å². The summed E-state index contributed by atoms with van der Waals surface area (Å²) in [7, 11) is 1.35. The lowest BCUT2D eigenvalue weighted by atomic mass is 10.1. The molecule has 122 valence electrons. The van der Waals surface area contributed by atoms with Crippen LogP contribution in [0.15, 0.2) is 36.4 Å². The quantitative estimate of drug-likeness (QED) is 0.876. The van der Waals surface area contributed by atoms with Crippen LogP contribution in [0.2, 0.25) is 0 Å². The van der Waals surface area contributed by atoms with Crippen LogP contribution in [0.1, 0.15) is 29.2 Å². The number of amides is 1. The highest BCUT2D eigenvalue weighted by Gasteiger charge is 2.09. The van der Waals surface area contributed by atoms with Crippen molar-refractivity contribution in [1.29, 1.82) is 0 Å². The van der Waals surface area contributed by atoms with Crippen molar-refractivity contribution >= 4 is 11.8 Å². The minimum atomic E-state index is -0.486. The molecule has 0 aromatic heterocycles. The molecule has 2 aromatic rings. The Kier molecular flexibility index (Phi) is 5.63. The van der Waals surface area contributed by atoms with E-state index in [4.69, 9.17) is 4.74 Å². The Bertz CT molecular complexity index is 695. The monoisotopic (exact) mass is 313 g/mol. The van der Waals surface area contributed by atoms with Crippen molar-refractivity contribution in [2.75, 3.05) is 12.4 Å². The van der Waals surface area contributed by atoms with Gasteiger partial charge in [-0.2, -0.15) is 0 Å². The second-order valence-corrected chi connectivity index (χ2v) is 5.52. The fraction of sp³-hybridized carbons (Fsp3) is 0.316. The molecule has 0 aliphatic carbocycles. The third kappa shape index (κ3) is 4.49. The van der Waals surface area contributed by atoms with Crippen LogP contribution >= 0.6 is 0 Å². The molecular weight excluding hydrogens is 290 g/mol. The fourth-order valence-electron chi connectivity index (χ4n) is 2.34. The molecule has 0 fully saturated rings. The lowest BCUT2D eigenvalue weighted by Gasteiger charge is -2.14. The average molecular weight is 313 g/mol. The lowest BCUT2D eigenvalue weighted by Crippen LogP contribution is -2.13. The summed E-state index contributed by atoms with van der Waals surface area (Å²) in [6.07, 6.45) is 0.520. The molecule has 0 aliphatic heterocycles. The molecule has 0 unspecified atom stereocenters. The normalized spacial score (nSPS) is 10.3. The Morgan fingerprint density at radius 1 is 1.13 bits per heavy atom. The van der Waals surface area contributed by atoms with E-state index < -0.39 is 6.09 Å². The van der Waals surface area contributed by atoms with Crippen LogP contribution in [0.4, 0.5) is 10.5 Å². The van der Waals surface area contributed by atoms with Crippen LogP contribution in [-0.4, -0.2) is 13.2 Å². The Labute approximate surface area is 137 Å². The summed E-state index contributed by atoms with van der Waals surface area (Å²) in [6.45, 7) is 6.52. The molecule has 0 atom stereocenters. The van der Waals surface area contributed by atoms with E-state index in [0.29, 0.717) is 12.3 Å². The van der Waals surface area contributed by atoms with Gasteiger partial charge >= 0.3 is 6.09 Å². The van der Waals surface area contributed by atoms with Gasteiger partial charge in [0.15, 0.2) is 0 Å². The molecule has 2 rings (SSSR count). The standard InChI is InChI=1S/C19H23NO3/c1-5-15-7-9-18(14(3)11-15)23-12-16-8-6-13(2)10-17(16)20-19(21)22-4/h6-11H,5,12H2,1-4H3,(H,20,21). The van der Waals surface area contributed by atoms with Gasteiger partial charge in [0, 0.05) is 5.56 Å². The van der Waals surface area contributed by atoms with E-state index in [-0.39, 0.29) is 0 Å². The van der Waals surface area contributed by atoms with Crippen LogP contribution in [0.25, 0.3) is 0 Å². The van der Waals surface area contributed by atoms with Gasteiger partial charge in [0.1, 0.15) is 12.4 Å². The minimum absolute atomic E-state index is 0.381. The van der Waals surface area contributed by atoms with Gasteiger partial charge in [0.05, 0.1) is 12.8 Å². The second-order valence-electron chi connectivity index (χ2n) is 5.52. The van der Waals surface area contributed by atoms with Gasteiger partial charge < -0.3 is 9.47 Å². The van der Waals surface area contributed by atoms with Crippen molar-refractivity contribution in [1.82, 2.24) is 0 Å². The third-order valence-electron chi connectivity index (χ3n) is 3.72. The van der Waals surface area contributed by atoms with E-state index in [1.54, 1.807) is 0 Å². The Morgan fingerprint density at radius 2 is 1.91 bits per heavy atom. The highest BCUT2D eigenvalue weighted by atomic mass is 16.5. The van der Waals surface area contributed by atoms with E-state index in [9.17, 15) is 4.79 Å². The van der Waals surface area contributed by atoms with Gasteiger partial charge in [0.2, 0.25) is 0 Å². The van der Waals surface area contributed by atoms with Crippen molar-refractivity contribution in [3.05, 3.63) is 58.7 Å². The smallest absolute Gasteiger partial charge is 0.411 e. The maximum atomic E-state index is 11.5. The first-order chi connectivity index (χ1) is 11.0. The molecule has 1 amide bonds. The van der Waals surface area contributed by atoms with Crippen LogP contribution in [0, 0.1) is 13.8 Å². The summed E-state index contributed by atoms with van der Waals surface area (Å²) < 4.78 is 10.6. The number of nitrogens with one attached hydrogen (secondary N) is 1. The molecular formula is C19H23NO3. The number of benzene rings is 2. The number of rotatable bonds is 5. The summed E-state index contributed by atoms with van der Waals surface area (Å²) in [5.41, 5.74) is 5.07. The molecule has 0 spiro atoms. The van der Waals surface area contributed by atoms with Gasteiger partial charge in [-0.15, -0.1) is 0 Å².